The van der Waals surface area contributed by atoms with Crippen molar-refractivity contribution in [3.05, 3.63) is 29.8 Å². The monoisotopic (exact) mass is 319 g/mol. The Morgan fingerprint density at radius 2 is 2.17 bits per heavy atom. The Labute approximate surface area is 137 Å². The van der Waals surface area contributed by atoms with Crippen molar-refractivity contribution < 1.29 is 19.0 Å². The van der Waals surface area contributed by atoms with Gasteiger partial charge < -0.3 is 19.1 Å². The van der Waals surface area contributed by atoms with Crippen molar-refractivity contribution in [2.75, 3.05) is 33.9 Å². The van der Waals surface area contributed by atoms with Gasteiger partial charge in [0.05, 0.1) is 19.1 Å². The van der Waals surface area contributed by atoms with Gasteiger partial charge in [0.1, 0.15) is 11.9 Å². The van der Waals surface area contributed by atoms with Crippen LogP contribution >= 0.6 is 0 Å². The van der Waals surface area contributed by atoms with E-state index in [0.717, 1.165) is 43.7 Å². The number of nitrogens with zero attached hydrogens (tertiary/aromatic N) is 1. The molecule has 2 fully saturated rings. The molecule has 2 aliphatic heterocycles. The topological polar surface area (TPSA) is 48.0 Å². The van der Waals surface area contributed by atoms with E-state index in [9.17, 15) is 4.79 Å². The Kier molecular flexibility index (Phi) is 4.87. The predicted octanol–water partition coefficient (Wildman–Crippen LogP) is 2.03. The zero-order chi connectivity index (χ0) is 16.3. The van der Waals surface area contributed by atoms with Gasteiger partial charge in [-0.15, -0.1) is 0 Å². The predicted molar refractivity (Wildman–Crippen MR) is 86.6 cm³/mol. The zero-order valence-corrected chi connectivity index (χ0v) is 13.9. The van der Waals surface area contributed by atoms with Crippen LogP contribution in [0, 0.1) is 0 Å². The van der Waals surface area contributed by atoms with Crippen LogP contribution in [0.15, 0.2) is 24.3 Å². The smallest absolute Gasteiger partial charge is 0.227 e. The third-order valence-corrected chi connectivity index (χ3v) is 5.08. The maximum atomic E-state index is 12.7. The Balaban J connectivity index is 1.67. The van der Waals surface area contributed by atoms with E-state index in [-0.39, 0.29) is 17.6 Å². The van der Waals surface area contributed by atoms with Crippen molar-refractivity contribution in [2.24, 2.45) is 0 Å². The Morgan fingerprint density at radius 1 is 1.35 bits per heavy atom. The third-order valence-electron chi connectivity index (χ3n) is 5.08. The molecule has 0 unspecified atom stereocenters. The average molecular weight is 319 g/mol. The van der Waals surface area contributed by atoms with Crippen molar-refractivity contribution in [3.8, 4) is 5.75 Å². The standard InChI is InChI=1S/C18H25NO4/c1-21-15-7-4-3-6-14(15)12-17(20)19-10-9-18(8-5-11-23-18)16(13-19)22-2/h3-4,6-7,16H,5,8-13H2,1-2H3/t16-,18-/m0/s1. The number of para-hydroxylation sites is 1. The van der Waals surface area contributed by atoms with Gasteiger partial charge in [0.15, 0.2) is 0 Å². The quantitative estimate of drug-likeness (QED) is 0.852. The molecule has 1 amide bonds. The molecule has 2 aliphatic rings. The van der Waals surface area contributed by atoms with E-state index < -0.39 is 0 Å². The number of amides is 1. The molecule has 0 aliphatic carbocycles. The van der Waals surface area contributed by atoms with E-state index >= 15 is 0 Å². The third kappa shape index (κ3) is 3.21. The van der Waals surface area contributed by atoms with Crippen LogP contribution in [-0.4, -0.2) is 56.4 Å². The molecule has 2 saturated heterocycles. The number of carbonyl (C=O) groups excluding carboxylic acids is 1. The second kappa shape index (κ2) is 6.89. The molecular formula is C18H25NO4. The van der Waals surface area contributed by atoms with Crippen LogP contribution in [0.3, 0.4) is 0 Å². The fraction of sp³-hybridized carbons (Fsp3) is 0.611. The molecule has 2 atom stereocenters. The Morgan fingerprint density at radius 3 is 2.87 bits per heavy atom. The molecule has 0 saturated carbocycles. The van der Waals surface area contributed by atoms with Crippen LogP contribution < -0.4 is 4.74 Å². The zero-order valence-electron chi connectivity index (χ0n) is 13.9. The highest BCUT2D eigenvalue weighted by Crippen LogP contribution is 2.37. The molecule has 5 nitrogen and oxygen atoms in total. The summed E-state index contributed by atoms with van der Waals surface area (Å²) in [5, 5.41) is 0. The van der Waals surface area contributed by atoms with Gasteiger partial charge >= 0.3 is 0 Å². The molecule has 126 valence electrons. The number of methoxy groups -OCH3 is 2. The molecule has 0 radical (unpaired) electrons. The average Bonchev–Trinajstić information content (AvgIpc) is 3.05. The summed E-state index contributed by atoms with van der Waals surface area (Å²) in [5.74, 6) is 0.876. The molecule has 3 rings (SSSR count). The van der Waals surface area contributed by atoms with Crippen LogP contribution in [0.2, 0.25) is 0 Å². The lowest BCUT2D eigenvalue weighted by molar-refractivity contribution is -0.158. The number of likely N-dealkylation sites (tertiary alicyclic amines) is 1. The van der Waals surface area contributed by atoms with Gasteiger partial charge in [-0.25, -0.2) is 0 Å². The summed E-state index contributed by atoms with van der Waals surface area (Å²) in [6.07, 6.45) is 3.27. The molecule has 0 N–H and O–H groups in total. The maximum absolute atomic E-state index is 12.7. The number of carbonyl (C=O) groups is 1. The fourth-order valence-electron chi connectivity index (χ4n) is 3.75. The molecule has 1 aromatic rings. The van der Waals surface area contributed by atoms with Crippen molar-refractivity contribution in [1.82, 2.24) is 4.90 Å². The van der Waals surface area contributed by atoms with Crippen LogP contribution in [-0.2, 0) is 20.7 Å². The summed E-state index contributed by atoms with van der Waals surface area (Å²) in [6, 6.07) is 7.67. The normalized spacial score (nSPS) is 27.4. The molecule has 23 heavy (non-hydrogen) atoms. The lowest BCUT2D eigenvalue weighted by atomic mass is 9.85. The fourth-order valence-corrected chi connectivity index (χ4v) is 3.75. The van der Waals surface area contributed by atoms with Crippen molar-refractivity contribution in [3.63, 3.8) is 0 Å². The molecule has 2 heterocycles. The van der Waals surface area contributed by atoms with E-state index in [2.05, 4.69) is 0 Å². The minimum atomic E-state index is -0.185. The molecule has 1 aromatic carbocycles. The highest BCUT2D eigenvalue weighted by molar-refractivity contribution is 5.79. The maximum Gasteiger partial charge on any atom is 0.227 e. The molecule has 5 heteroatoms. The van der Waals surface area contributed by atoms with Crippen molar-refractivity contribution in [2.45, 2.75) is 37.4 Å². The highest BCUT2D eigenvalue weighted by Gasteiger charge is 2.47. The van der Waals surface area contributed by atoms with Gasteiger partial charge in [0.25, 0.3) is 0 Å². The highest BCUT2D eigenvalue weighted by atomic mass is 16.5. The minimum Gasteiger partial charge on any atom is -0.496 e. The first-order valence-electron chi connectivity index (χ1n) is 8.25. The van der Waals surface area contributed by atoms with Crippen LogP contribution in [0.1, 0.15) is 24.8 Å². The van der Waals surface area contributed by atoms with Crippen LogP contribution in [0.25, 0.3) is 0 Å². The molecule has 0 aromatic heterocycles. The number of benzene rings is 1. The Hall–Kier alpha value is -1.59. The van der Waals surface area contributed by atoms with Crippen molar-refractivity contribution >= 4 is 5.91 Å². The van der Waals surface area contributed by atoms with Gasteiger partial charge in [-0.1, -0.05) is 18.2 Å². The summed E-state index contributed by atoms with van der Waals surface area (Å²) >= 11 is 0. The minimum absolute atomic E-state index is 0.0413. The van der Waals surface area contributed by atoms with Gasteiger partial charge in [0.2, 0.25) is 5.91 Å². The molecular weight excluding hydrogens is 294 g/mol. The van der Waals surface area contributed by atoms with E-state index in [0.29, 0.717) is 13.0 Å². The van der Waals surface area contributed by atoms with E-state index in [1.165, 1.54) is 0 Å². The first-order valence-corrected chi connectivity index (χ1v) is 8.25. The van der Waals surface area contributed by atoms with E-state index in [4.69, 9.17) is 14.2 Å². The van der Waals surface area contributed by atoms with E-state index in [1.807, 2.05) is 29.2 Å². The van der Waals surface area contributed by atoms with Gasteiger partial charge in [-0.3, -0.25) is 4.79 Å². The van der Waals surface area contributed by atoms with Crippen LogP contribution in [0.4, 0.5) is 0 Å². The first-order chi connectivity index (χ1) is 11.2. The summed E-state index contributed by atoms with van der Waals surface area (Å²) < 4.78 is 17.0. The van der Waals surface area contributed by atoms with Gasteiger partial charge in [-0.05, 0) is 25.3 Å². The summed E-state index contributed by atoms with van der Waals surface area (Å²) in [6.45, 7) is 2.13. The second-order valence-electron chi connectivity index (χ2n) is 6.32. The second-order valence-corrected chi connectivity index (χ2v) is 6.32. The first kappa shape index (κ1) is 16.3. The molecule has 1 spiro atoms. The summed E-state index contributed by atoms with van der Waals surface area (Å²) in [5.41, 5.74) is 0.738. The lowest BCUT2D eigenvalue weighted by Crippen LogP contribution is -2.57. The lowest BCUT2D eigenvalue weighted by Gasteiger charge is -2.44. The number of piperidine rings is 1. The summed E-state index contributed by atoms with van der Waals surface area (Å²) in [4.78, 5) is 14.6. The largest absolute Gasteiger partial charge is 0.496 e. The van der Waals surface area contributed by atoms with Crippen LogP contribution in [0.5, 0.6) is 5.75 Å². The van der Waals surface area contributed by atoms with Gasteiger partial charge in [-0.2, -0.15) is 0 Å². The number of hydrogen-bond acceptors (Lipinski definition) is 4. The molecule has 0 bridgehead atoms. The van der Waals surface area contributed by atoms with E-state index in [1.54, 1.807) is 14.2 Å². The Bertz CT molecular complexity index is 554. The van der Waals surface area contributed by atoms with Crippen molar-refractivity contribution in [1.29, 1.82) is 0 Å². The number of hydrogen-bond donors (Lipinski definition) is 0. The summed E-state index contributed by atoms with van der Waals surface area (Å²) in [7, 11) is 3.34. The van der Waals surface area contributed by atoms with Gasteiger partial charge in [0, 0.05) is 32.4 Å². The number of ether oxygens (including phenoxy) is 3. The number of rotatable bonds is 4. The SMILES string of the molecule is COc1ccccc1CC(=O)N1CC[C@@]2(CCCO2)[C@@H](OC)C1.